The summed E-state index contributed by atoms with van der Waals surface area (Å²) >= 11 is 0. The molecule has 0 aliphatic carbocycles. The van der Waals surface area contributed by atoms with Gasteiger partial charge in [0.1, 0.15) is 0 Å². The molecular weight excluding hydrogens is 274 g/mol. The van der Waals surface area contributed by atoms with E-state index in [9.17, 15) is 18.0 Å². The van der Waals surface area contributed by atoms with E-state index in [4.69, 9.17) is 5.11 Å². The Bertz CT molecular complexity index is 392. The van der Waals surface area contributed by atoms with Gasteiger partial charge in [-0.2, -0.15) is 0 Å². The van der Waals surface area contributed by atoms with Crippen molar-refractivity contribution in [2.45, 2.75) is 45.6 Å². The maximum Gasteiger partial charge on any atom is 0.306 e. The number of ether oxygens (including phenoxy) is 1. The minimum absolute atomic E-state index is 0.00882. The number of carboxylic acids is 1. The van der Waals surface area contributed by atoms with Crippen LogP contribution in [0, 0.1) is 0 Å². The molecule has 0 saturated heterocycles. The van der Waals surface area contributed by atoms with Crippen molar-refractivity contribution in [3.63, 3.8) is 0 Å². The van der Waals surface area contributed by atoms with Gasteiger partial charge in [0.05, 0.1) is 18.8 Å². The molecule has 0 saturated carbocycles. The number of carbonyl (C=O) groups is 2. The molecule has 112 valence electrons. The van der Waals surface area contributed by atoms with E-state index in [-0.39, 0.29) is 31.2 Å². The molecule has 19 heavy (non-hydrogen) atoms. The van der Waals surface area contributed by atoms with Crippen molar-refractivity contribution in [1.29, 1.82) is 0 Å². The lowest BCUT2D eigenvalue weighted by atomic mass is 10.1. The number of esters is 1. The Labute approximate surface area is 113 Å². The first kappa shape index (κ1) is 17.8. The molecule has 0 bridgehead atoms. The van der Waals surface area contributed by atoms with Gasteiger partial charge >= 0.3 is 11.9 Å². The van der Waals surface area contributed by atoms with Crippen LogP contribution in [0.5, 0.6) is 0 Å². The molecule has 1 atom stereocenters. The molecule has 0 aromatic heterocycles. The van der Waals surface area contributed by atoms with Crippen LogP contribution < -0.4 is 4.72 Å². The third-order valence-corrected chi connectivity index (χ3v) is 3.79. The van der Waals surface area contributed by atoms with Gasteiger partial charge < -0.3 is 9.84 Å². The molecule has 0 aliphatic heterocycles. The van der Waals surface area contributed by atoms with Crippen LogP contribution in [0.1, 0.15) is 39.5 Å². The molecule has 0 spiro atoms. The lowest BCUT2D eigenvalue weighted by molar-refractivity contribution is -0.142. The zero-order valence-electron chi connectivity index (χ0n) is 11.2. The Hall–Kier alpha value is -1.15. The number of carboxylic acid groups (broad SMARTS) is 1. The predicted octanol–water partition coefficient (Wildman–Crippen LogP) is 0.502. The highest BCUT2D eigenvalue weighted by Crippen LogP contribution is 2.03. The molecule has 0 heterocycles. The predicted molar refractivity (Wildman–Crippen MR) is 69.1 cm³/mol. The van der Waals surface area contributed by atoms with Gasteiger partial charge in [0.2, 0.25) is 10.0 Å². The Balaban J connectivity index is 4.00. The smallest absolute Gasteiger partial charge is 0.306 e. The summed E-state index contributed by atoms with van der Waals surface area (Å²) in [7, 11) is -3.54. The second kappa shape index (κ2) is 8.87. The molecule has 0 radical (unpaired) electrons. The molecule has 0 aromatic rings. The summed E-state index contributed by atoms with van der Waals surface area (Å²) in [5, 5.41) is 8.46. The summed E-state index contributed by atoms with van der Waals surface area (Å²) in [5.74, 6) is -1.78. The van der Waals surface area contributed by atoms with E-state index < -0.39 is 22.0 Å². The lowest BCUT2D eigenvalue weighted by Crippen LogP contribution is -2.35. The standard InChI is InChI=1S/C11H21NO6S/c1-3-18-11(15)7-8-19(16,17)12-9(2)5-4-6-10(13)14/h9,12H,3-8H2,1-2H3,(H,13,14). The van der Waals surface area contributed by atoms with Crippen LogP contribution in [0.4, 0.5) is 0 Å². The van der Waals surface area contributed by atoms with E-state index >= 15 is 0 Å². The summed E-state index contributed by atoms with van der Waals surface area (Å²) in [4.78, 5) is 21.4. The van der Waals surface area contributed by atoms with Gasteiger partial charge in [0.15, 0.2) is 0 Å². The monoisotopic (exact) mass is 295 g/mol. The highest BCUT2D eigenvalue weighted by atomic mass is 32.2. The van der Waals surface area contributed by atoms with Gasteiger partial charge in [-0.15, -0.1) is 0 Å². The van der Waals surface area contributed by atoms with Crippen LogP contribution >= 0.6 is 0 Å². The van der Waals surface area contributed by atoms with Gasteiger partial charge in [-0.1, -0.05) is 0 Å². The zero-order chi connectivity index (χ0) is 14.9. The highest BCUT2D eigenvalue weighted by molar-refractivity contribution is 7.89. The molecule has 0 amide bonds. The summed E-state index contributed by atoms with van der Waals surface area (Å²) in [6, 6.07) is -0.355. The van der Waals surface area contributed by atoms with Crippen LogP contribution in [0.3, 0.4) is 0 Å². The van der Waals surface area contributed by atoms with E-state index in [1.54, 1.807) is 13.8 Å². The van der Waals surface area contributed by atoms with Gasteiger partial charge in [0.25, 0.3) is 0 Å². The van der Waals surface area contributed by atoms with Crippen molar-refractivity contribution in [3.05, 3.63) is 0 Å². The molecule has 0 aromatic carbocycles. The lowest BCUT2D eigenvalue weighted by Gasteiger charge is -2.13. The van der Waals surface area contributed by atoms with E-state index in [1.165, 1.54) is 0 Å². The van der Waals surface area contributed by atoms with Crippen molar-refractivity contribution in [2.24, 2.45) is 0 Å². The highest BCUT2D eigenvalue weighted by Gasteiger charge is 2.16. The fourth-order valence-corrected chi connectivity index (χ4v) is 2.72. The molecule has 0 aliphatic rings. The summed E-state index contributed by atoms with van der Waals surface area (Å²) < 4.78 is 30.3. The number of sulfonamides is 1. The molecule has 2 N–H and O–H groups in total. The Morgan fingerprint density at radius 1 is 1.32 bits per heavy atom. The maximum atomic E-state index is 11.6. The topological polar surface area (TPSA) is 110 Å². The van der Waals surface area contributed by atoms with Crippen LogP contribution in [0.15, 0.2) is 0 Å². The van der Waals surface area contributed by atoms with Gasteiger partial charge in [0, 0.05) is 12.5 Å². The Morgan fingerprint density at radius 3 is 2.47 bits per heavy atom. The van der Waals surface area contributed by atoms with Gasteiger partial charge in [-0.3, -0.25) is 9.59 Å². The Morgan fingerprint density at radius 2 is 1.95 bits per heavy atom. The number of carbonyl (C=O) groups excluding carboxylic acids is 1. The molecule has 1 unspecified atom stereocenters. The number of hydrogen-bond donors (Lipinski definition) is 2. The fraction of sp³-hybridized carbons (Fsp3) is 0.818. The van der Waals surface area contributed by atoms with E-state index in [2.05, 4.69) is 9.46 Å². The van der Waals surface area contributed by atoms with Gasteiger partial charge in [-0.05, 0) is 26.7 Å². The first-order valence-corrected chi connectivity index (χ1v) is 7.79. The summed E-state index contributed by atoms with van der Waals surface area (Å²) in [6.45, 7) is 3.52. The summed E-state index contributed by atoms with van der Waals surface area (Å²) in [5.41, 5.74) is 0. The molecule has 0 fully saturated rings. The van der Waals surface area contributed by atoms with E-state index in [0.29, 0.717) is 12.8 Å². The number of aliphatic carboxylic acids is 1. The molecule has 8 heteroatoms. The van der Waals surface area contributed by atoms with Crippen LogP contribution in [0.25, 0.3) is 0 Å². The third kappa shape index (κ3) is 10.5. The minimum Gasteiger partial charge on any atom is -0.481 e. The third-order valence-electron chi connectivity index (χ3n) is 2.29. The van der Waals surface area contributed by atoms with Crippen LogP contribution in [-0.2, 0) is 24.3 Å². The quantitative estimate of drug-likeness (QED) is 0.568. The molecule has 0 rings (SSSR count). The average molecular weight is 295 g/mol. The molecule has 7 nitrogen and oxygen atoms in total. The van der Waals surface area contributed by atoms with Crippen LogP contribution in [0.2, 0.25) is 0 Å². The van der Waals surface area contributed by atoms with Crippen molar-refractivity contribution in [1.82, 2.24) is 4.72 Å². The first-order chi connectivity index (χ1) is 8.76. The number of rotatable bonds is 10. The zero-order valence-corrected chi connectivity index (χ0v) is 12.0. The number of nitrogens with one attached hydrogen (secondary N) is 1. The number of hydrogen-bond acceptors (Lipinski definition) is 5. The van der Waals surface area contributed by atoms with Crippen molar-refractivity contribution in [2.75, 3.05) is 12.4 Å². The van der Waals surface area contributed by atoms with Crippen LogP contribution in [-0.4, -0.2) is 43.9 Å². The second-order valence-corrected chi connectivity index (χ2v) is 6.05. The van der Waals surface area contributed by atoms with Crippen molar-refractivity contribution in [3.8, 4) is 0 Å². The minimum atomic E-state index is -3.54. The van der Waals surface area contributed by atoms with Crippen molar-refractivity contribution < 1.29 is 27.9 Å². The molecular formula is C11H21NO6S. The largest absolute Gasteiger partial charge is 0.481 e. The Kier molecular flexibility index (Phi) is 8.33. The normalized spacial score (nSPS) is 12.9. The maximum absolute atomic E-state index is 11.6. The SMILES string of the molecule is CCOC(=O)CCS(=O)(=O)NC(C)CCCC(=O)O. The van der Waals surface area contributed by atoms with E-state index in [0.717, 1.165) is 0 Å². The van der Waals surface area contributed by atoms with Crippen molar-refractivity contribution >= 4 is 22.0 Å². The second-order valence-electron chi connectivity index (χ2n) is 4.18. The van der Waals surface area contributed by atoms with E-state index in [1.807, 2.05) is 0 Å². The first-order valence-electron chi connectivity index (χ1n) is 6.14. The average Bonchev–Trinajstić information content (AvgIpc) is 2.25. The fourth-order valence-electron chi connectivity index (χ4n) is 1.43. The van der Waals surface area contributed by atoms with Gasteiger partial charge in [-0.25, -0.2) is 13.1 Å². The summed E-state index contributed by atoms with van der Waals surface area (Å²) in [6.07, 6.45) is 0.655.